The van der Waals surface area contributed by atoms with E-state index in [1.807, 2.05) is 39.8 Å². The molecule has 0 saturated heterocycles. The Bertz CT molecular complexity index is 652. The maximum Gasteiger partial charge on any atom is 0.186 e. The Hall–Kier alpha value is -1.44. The van der Waals surface area contributed by atoms with E-state index in [4.69, 9.17) is 0 Å². The SMILES string of the molecule is CC(C)(C)C1=CC(=C2C(C)(C)C(=O)C2(C)C)C=C(C(C)(C)C)C1=O. The van der Waals surface area contributed by atoms with Crippen molar-refractivity contribution in [2.24, 2.45) is 21.7 Å². The van der Waals surface area contributed by atoms with Crippen LogP contribution in [0.3, 0.4) is 0 Å². The van der Waals surface area contributed by atoms with E-state index in [9.17, 15) is 9.59 Å². The highest BCUT2D eigenvalue weighted by molar-refractivity contribution is 6.12. The van der Waals surface area contributed by atoms with E-state index >= 15 is 0 Å². The number of hydrogen-bond acceptors (Lipinski definition) is 2. The lowest BCUT2D eigenvalue weighted by Gasteiger charge is -2.52. The summed E-state index contributed by atoms with van der Waals surface area (Å²) in [4.78, 5) is 25.6. The van der Waals surface area contributed by atoms with E-state index in [-0.39, 0.29) is 22.4 Å². The second kappa shape index (κ2) is 5.03. The normalized spacial score (nSPS) is 23.8. The third-order valence-electron chi connectivity index (χ3n) is 5.38. The van der Waals surface area contributed by atoms with Crippen LogP contribution in [0.25, 0.3) is 0 Å². The minimum atomic E-state index is -0.460. The van der Waals surface area contributed by atoms with Crippen molar-refractivity contribution in [2.45, 2.75) is 69.2 Å². The van der Waals surface area contributed by atoms with Gasteiger partial charge in [-0.2, -0.15) is 0 Å². The van der Waals surface area contributed by atoms with Gasteiger partial charge in [-0.15, -0.1) is 0 Å². The number of Topliss-reactive ketones (excluding diaryl/α,β-unsaturated/α-hetero) is 2. The fourth-order valence-electron chi connectivity index (χ4n) is 4.34. The van der Waals surface area contributed by atoms with Gasteiger partial charge in [0.1, 0.15) is 0 Å². The van der Waals surface area contributed by atoms with Crippen molar-refractivity contribution in [3.05, 3.63) is 34.4 Å². The smallest absolute Gasteiger partial charge is 0.186 e. The fraction of sp³-hybridized carbons (Fsp3) is 0.636. The van der Waals surface area contributed by atoms with Crippen molar-refractivity contribution in [3.8, 4) is 0 Å². The number of carbonyl (C=O) groups excluding carboxylic acids is 2. The summed E-state index contributed by atoms with van der Waals surface area (Å²) >= 11 is 0. The monoisotopic (exact) mass is 328 g/mol. The van der Waals surface area contributed by atoms with Crippen LogP contribution >= 0.6 is 0 Å². The van der Waals surface area contributed by atoms with Crippen molar-refractivity contribution in [1.82, 2.24) is 0 Å². The Labute approximate surface area is 147 Å². The maximum atomic E-state index is 13.1. The third kappa shape index (κ3) is 2.64. The summed E-state index contributed by atoms with van der Waals surface area (Å²) in [5, 5.41) is 0. The lowest BCUT2D eigenvalue weighted by atomic mass is 9.49. The van der Waals surface area contributed by atoms with Crippen LogP contribution in [0.5, 0.6) is 0 Å². The van der Waals surface area contributed by atoms with Gasteiger partial charge in [0.05, 0.1) is 0 Å². The molecule has 0 spiro atoms. The summed E-state index contributed by atoms with van der Waals surface area (Å²) in [6.45, 7) is 20.4. The zero-order valence-electron chi connectivity index (χ0n) is 17.0. The van der Waals surface area contributed by atoms with Crippen LogP contribution in [0.1, 0.15) is 69.2 Å². The summed E-state index contributed by atoms with van der Waals surface area (Å²) in [7, 11) is 0. The van der Waals surface area contributed by atoms with E-state index < -0.39 is 10.8 Å². The molecule has 2 heteroatoms. The molecule has 0 aromatic heterocycles. The van der Waals surface area contributed by atoms with Gasteiger partial charge in [-0.05, 0) is 61.8 Å². The molecule has 0 amide bonds. The van der Waals surface area contributed by atoms with E-state index in [2.05, 4.69) is 41.5 Å². The van der Waals surface area contributed by atoms with E-state index in [1.54, 1.807) is 0 Å². The molecule has 0 aromatic carbocycles. The third-order valence-corrected chi connectivity index (χ3v) is 5.38. The molecule has 0 N–H and O–H groups in total. The standard InChI is InChI=1S/C22H32O2/c1-19(2,3)14-11-13(12-15(16(14)23)20(4,5)6)17-21(7,8)18(24)22(17,9)10/h11-12H,1-10H3. The number of ketones is 2. The Morgan fingerprint density at radius 2 is 1.04 bits per heavy atom. The van der Waals surface area contributed by atoms with Gasteiger partial charge in [0.25, 0.3) is 0 Å². The zero-order chi connectivity index (χ0) is 18.9. The molecule has 24 heavy (non-hydrogen) atoms. The van der Waals surface area contributed by atoms with Crippen molar-refractivity contribution >= 4 is 11.6 Å². The van der Waals surface area contributed by atoms with Gasteiger partial charge in [0.2, 0.25) is 0 Å². The zero-order valence-corrected chi connectivity index (χ0v) is 17.0. The predicted molar refractivity (Wildman–Crippen MR) is 99.7 cm³/mol. The summed E-state index contributed by atoms with van der Waals surface area (Å²) in [5.74, 6) is 0.409. The topological polar surface area (TPSA) is 34.1 Å². The Kier molecular flexibility index (Phi) is 3.96. The van der Waals surface area contributed by atoms with Crippen LogP contribution in [0.4, 0.5) is 0 Å². The summed E-state index contributed by atoms with van der Waals surface area (Å²) in [5.41, 5.74) is 2.50. The molecule has 1 fully saturated rings. The number of carbonyl (C=O) groups is 2. The number of allylic oxidation sites excluding steroid dienone is 6. The lowest BCUT2D eigenvalue weighted by Crippen LogP contribution is -2.54. The van der Waals surface area contributed by atoms with Crippen molar-refractivity contribution in [2.75, 3.05) is 0 Å². The molecule has 0 unspecified atom stereocenters. The van der Waals surface area contributed by atoms with Gasteiger partial charge in [-0.3, -0.25) is 9.59 Å². The van der Waals surface area contributed by atoms with Gasteiger partial charge in [0.15, 0.2) is 11.6 Å². The van der Waals surface area contributed by atoms with E-state index in [1.165, 1.54) is 0 Å². The van der Waals surface area contributed by atoms with Crippen LogP contribution in [0, 0.1) is 21.7 Å². The quantitative estimate of drug-likeness (QED) is 0.593. The molecule has 1 saturated carbocycles. The van der Waals surface area contributed by atoms with Gasteiger partial charge >= 0.3 is 0 Å². The van der Waals surface area contributed by atoms with Crippen LogP contribution in [0.2, 0.25) is 0 Å². The first-order valence-corrected chi connectivity index (χ1v) is 8.81. The summed E-state index contributed by atoms with van der Waals surface area (Å²) in [6.07, 6.45) is 4.06. The molecule has 0 aromatic rings. The molecule has 2 nitrogen and oxygen atoms in total. The number of hydrogen-bond donors (Lipinski definition) is 0. The average molecular weight is 328 g/mol. The highest BCUT2D eigenvalue weighted by atomic mass is 16.1. The second-order valence-electron chi connectivity index (χ2n) is 10.4. The summed E-state index contributed by atoms with van der Waals surface area (Å²) in [6, 6.07) is 0. The number of rotatable bonds is 0. The van der Waals surface area contributed by atoms with Crippen LogP contribution in [-0.4, -0.2) is 11.6 Å². The molecular weight excluding hydrogens is 296 g/mol. The molecule has 2 rings (SSSR count). The molecule has 0 heterocycles. The Morgan fingerprint density at radius 1 is 0.708 bits per heavy atom. The molecule has 0 radical (unpaired) electrons. The molecule has 2 aliphatic carbocycles. The molecule has 2 aliphatic rings. The van der Waals surface area contributed by atoms with Crippen LogP contribution in [0.15, 0.2) is 34.4 Å². The van der Waals surface area contributed by atoms with Gasteiger partial charge in [-0.1, -0.05) is 41.5 Å². The summed E-state index contributed by atoms with van der Waals surface area (Å²) < 4.78 is 0. The molecule has 132 valence electrons. The van der Waals surface area contributed by atoms with Gasteiger partial charge in [0, 0.05) is 22.0 Å². The van der Waals surface area contributed by atoms with Crippen LogP contribution < -0.4 is 0 Å². The van der Waals surface area contributed by atoms with Crippen molar-refractivity contribution < 1.29 is 9.59 Å². The minimum Gasteiger partial charge on any atom is -0.298 e. The fourth-order valence-corrected chi connectivity index (χ4v) is 4.34. The highest BCUT2D eigenvalue weighted by Gasteiger charge is 2.58. The lowest BCUT2D eigenvalue weighted by molar-refractivity contribution is -0.141. The molecule has 0 aliphatic heterocycles. The Balaban J connectivity index is 2.80. The molecule has 0 atom stereocenters. The minimum absolute atomic E-state index is 0.139. The molecule has 0 bridgehead atoms. The average Bonchev–Trinajstić information content (AvgIpc) is 2.36. The van der Waals surface area contributed by atoms with E-state index in [0.29, 0.717) is 0 Å². The second-order valence-corrected chi connectivity index (χ2v) is 10.4. The first kappa shape index (κ1) is 18.9. The van der Waals surface area contributed by atoms with Crippen molar-refractivity contribution in [1.29, 1.82) is 0 Å². The van der Waals surface area contributed by atoms with Gasteiger partial charge in [-0.25, -0.2) is 0 Å². The molecular formula is C22H32O2. The maximum absolute atomic E-state index is 13.1. The van der Waals surface area contributed by atoms with Crippen LogP contribution in [-0.2, 0) is 9.59 Å². The highest BCUT2D eigenvalue weighted by Crippen LogP contribution is 2.57. The largest absolute Gasteiger partial charge is 0.298 e. The van der Waals surface area contributed by atoms with E-state index in [0.717, 1.165) is 22.3 Å². The predicted octanol–water partition coefficient (Wildman–Crippen LogP) is 5.45. The first-order valence-electron chi connectivity index (χ1n) is 8.81. The Morgan fingerprint density at radius 3 is 1.33 bits per heavy atom. The van der Waals surface area contributed by atoms with Crippen molar-refractivity contribution in [3.63, 3.8) is 0 Å². The van der Waals surface area contributed by atoms with Gasteiger partial charge < -0.3 is 0 Å². The first-order chi connectivity index (χ1) is 10.5.